The van der Waals surface area contributed by atoms with E-state index in [1.54, 1.807) is 0 Å². The molecule has 4 heteroatoms. The van der Waals surface area contributed by atoms with Crippen molar-refractivity contribution in [2.45, 2.75) is 45.6 Å². The summed E-state index contributed by atoms with van der Waals surface area (Å²) in [5.74, 6) is 0. The van der Waals surface area contributed by atoms with Crippen molar-refractivity contribution in [2.24, 2.45) is 0 Å². The van der Waals surface area contributed by atoms with Crippen molar-refractivity contribution in [1.29, 1.82) is 0 Å². The van der Waals surface area contributed by atoms with E-state index in [2.05, 4.69) is 32.8 Å². The van der Waals surface area contributed by atoms with Crippen LogP contribution >= 0.6 is 0 Å². The van der Waals surface area contributed by atoms with Crippen LogP contribution in [0, 0.1) is 0 Å². The highest BCUT2D eigenvalue weighted by atomic mass is 15.1. The molecular formula is C16H22N4. The SMILES string of the molecule is CCCNCc1ccncc1-n1cnc2c1CCCC2. The van der Waals surface area contributed by atoms with Gasteiger partial charge in [-0.05, 0) is 50.3 Å². The van der Waals surface area contributed by atoms with Crippen LogP contribution in [0.3, 0.4) is 0 Å². The van der Waals surface area contributed by atoms with Crippen molar-refractivity contribution in [3.63, 3.8) is 0 Å². The molecule has 0 saturated heterocycles. The Balaban J connectivity index is 1.91. The van der Waals surface area contributed by atoms with Crippen LogP contribution in [0.2, 0.25) is 0 Å². The van der Waals surface area contributed by atoms with E-state index in [0.29, 0.717) is 0 Å². The summed E-state index contributed by atoms with van der Waals surface area (Å²) in [6, 6.07) is 2.10. The molecule has 2 aromatic rings. The Bertz CT molecular complexity index is 574. The highest BCUT2D eigenvalue weighted by molar-refractivity contribution is 5.41. The Labute approximate surface area is 120 Å². The average molecular weight is 270 g/mol. The lowest BCUT2D eigenvalue weighted by atomic mass is 10.0. The van der Waals surface area contributed by atoms with Gasteiger partial charge in [-0.2, -0.15) is 0 Å². The first kappa shape index (κ1) is 13.3. The van der Waals surface area contributed by atoms with Gasteiger partial charge in [0.2, 0.25) is 0 Å². The predicted molar refractivity (Wildman–Crippen MR) is 80.0 cm³/mol. The van der Waals surface area contributed by atoms with E-state index in [1.807, 2.05) is 18.7 Å². The minimum absolute atomic E-state index is 0.888. The molecular weight excluding hydrogens is 248 g/mol. The molecule has 0 radical (unpaired) electrons. The molecule has 3 rings (SSSR count). The van der Waals surface area contributed by atoms with Gasteiger partial charge < -0.3 is 9.88 Å². The van der Waals surface area contributed by atoms with E-state index in [-0.39, 0.29) is 0 Å². The highest BCUT2D eigenvalue weighted by Gasteiger charge is 2.17. The van der Waals surface area contributed by atoms with Gasteiger partial charge in [-0.3, -0.25) is 4.98 Å². The van der Waals surface area contributed by atoms with Crippen LogP contribution in [0.4, 0.5) is 0 Å². The van der Waals surface area contributed by atoms with Crippen LogP contribution in [0.5, 0.6) is 0 Å². The zero-order chi connectivity index (χ0) is 13.8. The number of hydrogen-bond donors (Lipinski definition) is 1. The largest absolute Gasteiger partial charge is 0.313 e. The third-order valence-electron chi connectivity index (χ3n) is 3.92. The van der Waals surface area contributed by atoms with Crippen LogP contribution < -0.4 is 5.32 Å². The number of fused-ring (bicyclic) bond motifs is 1. The number of imidazole rings is 1. The lowest BCUT2D eigenvalue weighted by molar-refractivity contribution is 0.650. The van der Waals surface area contributed by atoms with Crippen LogP contribution in [-0.4, -0.2) is 21.1 Å². The van der Waals surface area contributed by atoms with Gasteiger partial charge in [-0.25, -0.2) is 4.98 Å². The van der Waals surface area contributed by atoms with Crippen LogP contribution in [-0.2, 0) is 19.4 Å². The fourth-order valence-electron chi connectivity index (χ4n) is 2.86. The van der Waals surface area contributed by atoms with E-state index in [9.17, 15) is 0 Å². The monoisotopic (exact) mass is 270 g/mol. The second kappa shape index (κ2) is 6.18. The maximum Gasteiger partial charge on any atom is 0.0998 e. The van der Waals surface area contributed by atoms with Gasteiger partial charge in [-0.15, -0.1) is 0 Å². The Morgan fingerprint density at radius 3 is 3.10 bits per heavy atom. The third kappa shape index (κ3) is 2.61. The molecule has 2 aromatic heterocycles. The van der Waals surface area contributed by atoms with E-state index in [4.69, 9.17) is 0 Å². The van der Waals surface area contributed by atoms with Gasteiger partial charge in [0.1, 0.15) is 0 Å². The summed E-state index contributed by atoms with van der Waals surface area (Å²) in [5, 5.41) is 3.47. The zero-order valence-corrected chi connectivity index (χ0v) is 12.1. The normalized spacial score (nSPS) is 14.2. The van der Waals surface area contributed by atoms with Gasteiger partial charge >= 0.3 is 0 Å². The molecule has 1 aliphatic carbocycles. The van der Waals surface area contributed by atoms with Gasteiger partial charge in [0.15, 0.2) is 0 Å². The van der Waals surface area contributed by atoms with E-state index >= 15 is 0 Å². The third-order valence-corrected chi connectivity index (χ3v) is 3.92. The summed E-state index contributed by atoms with van der Waals surface area (Å²) in [6.07, 6.45) is 11.7. The summed E-state index contributed by atoms with van der Waals surface area (Å²) in [5.41, 5.74) is 5.11. The summed E-state index contributed by atoms with van der Waals surface area (Å²) in [7, 11) is 0. The Morgan fingerprint density at radius 1 is 1.30 bits per heavy atom. The lowest BCUT2D eigenvalue weighted by Gasteiger charge is -2.16. The summed E-state index contributed by atoms with van der Waals surface area (Å²) >= 11 is 0. The molecule has 106 valence electrons. The smallest absolute Gasteiger partial charge is 0.0998 e. The van der Waals surface area contributed by atoms with Crippen LogP contribution in [0.25, 0.3) is 5.69 Å². The van der Waals surface area contributed by atoms with Crippen molar-refractivity contribution in [3.05, 3.63) is 41.7 Å². The van der Waals surface area contributed by atoms with Gasteiger partial charge in [0.05, 0.1) is 23.9 Å². The van der Waals surface area contributed by atoms with Crippen LogP contribution in [0.1, 0.15) is 43.1 Å². The molecule has 0 bridgehead atoms. The van der Waals surface area contributed by atoms with E-state index < -0.39 is 0 Å². The number of rotatable bonds is 5. The van der Waals surface area contributed by atoms with Crippen LogP contribution in [0.15, 0.2) is 24.8 Å². The van der Waals surface area contributed by atoms with E-state index in [1.165, 1.54) is 35.5 Å². The lowest BCUT2D eigenvalue weighted by Crippen LogP contribution is -2.16. The molecule has 0 amide bonds. The number of hydrogen-bond acceptors (Lipinski definition) is 3. The summed E-state index contributed by atoms with van der Waals surface area (Å²) in [6.45, 7) is 4.12. The van der Waals surface area contributed by atoms with Gasteiger partial charge in [0.25, 0.3) is 0 Å². The Kier molecular flexibility index (Phi) is 4.11. The number of pyridine rings is 1. The minimum Gasteiger partial charge on any atom is -0.313 e. The molecule has 0 aromatic carbocycles. The molecule has 0 aliphatic heterocycles. The molecule has 0 unspecified atom stereocenters. The first-order chi connectivity index (χ1) is 9.90. The summed E-state index contributed by atoms with van der Waals surface area (Å²) in [4.78, 5) is 8.89. The number of aromatic nitrogens is 3. The number of nitrogens with one attached hydrogen (secondary N) is 1. The topological polar surface area (TPSA) is 42.7 Å². The van der Waals surface area contributed by atoms with Gasteiger partial charge in [-0.1, -0.05) is 6.92 Å². The molecule has 1 N–H and O–H groups in total. The quantitative estimate of drug-likeness (QED) is 0.849. The summed E-state index contributed by atoms with van der Waals surface area (Å²) < 4.78 is 2.24. The standard InChI is InChI=1S/C16H22N4/c1-2-8-17-10-13-7-9-18-11-16(13)20-12-19-14-5-3-4-6-15(14)20/h7,9,11-12,17H,2-6,8,10H2,1H3. The number of nitrogens with zero attached hydrogens (tertiary/aromatic N) is 3. The fraction of sp³-hybridized carbons (Fsp3) is 0.500. The van der Waals surface area contributed by atoms with Crippen molar-refractivity contribution in [1.82, 2.24) is 19.9 Å². The molecule has 0 fully saturated rings. The first-order valence-corrected chi connectivity index (χ1v) is 7.59. The Morgan fingerprint density at radius 2 is 2.20 bits per heavy atom. The highest BCUT2D eigenvalue weighted by Crippen LogP contribution is 2.24. The second-order valence-electron chi connectivity index (χ2n) is 5.40. The van der Waals surface area contributed by atoms with Crippen molar-refractivity contribution >= 4 is 0 Å². The average Bonchev–Trinajstić information content (AvgIpc) is 2.92. The second-order valence-corrected chi connectivity index (χ2v) is 5.40. The minimum atomic E-state index is 0.888. The van der Waals surface area contributed by atoms with Gasteiger partial charge in [0, 0.05) is 18.4 Å². The first-order valence-electron chi connectivity index (χ1n) is 7.59. The number of aryl methyl sites for hydroxylation is 1. The molecule has 4 nitrogen and oxygen atoms in total. The maximum absolute atomic E-state index is 4.59. The van der Waals surface area contributed by atoms with Crippen molar-refractivity contribution < 1.29 is 0 Å². The molecule has 2 heterocycles. The fourth-order valence-corrected chi connectivity index (χ4v) is 2.86. The predicted octanol–water partition coefficient (Wildman–Crippen LogP) is 2.65. The Hall–Kier alpha value is -1.68. The van der Waals surface area contributed by atoms with Crippen molar-refractivity contribution in [3.8, 4) is 5.69 Å². The molecule has 0 saturated carbocycles. The molecule has 1 aliphatic rings. The maximum atomic E-state index is 4.59. The molecule has 0 spiro atoms. The molecule has 20 heavy (non-hydrogen) atoms. The van der Waals surface area contributed by atoms with Crippen molar-refractivity contribution in [2.75, 3.05) is 6.54 Å². The molecule has 0 atom stereocenters. The zero-order valence-electron chi connectivity index (χ0n) is 12.1. The van der Waals surface area contributed by atoms with E-state index in [0.717, 1.165) is 32.4 Å².